The molecule has 0 aromatic carbocycles. The minimum absolute atomic E-state index is 0.248. The van der Waals surface area contributed by atoms with Gasteiger partial charge in [0.05, 0.1) is 0 Å². The van der Waals surface area contributed by atoms with Crippen molar-refractivity contribution < 1.29 is 4.74 Å². The maximum Gasteiger partial charge on any atom is 0.285 e. The van der Waals surface area contributed by atoms with E-state index in [1.807, 2.05) is 0 Å². The Balaban J connectivity index is 4.15. The Morgan fingerprint density at radius 3 is 1.18 bits per heavy atom. The first-order chi connectivity index (χ1) is 21.5. The van der Waals surface area contributed by atoms with E-state index < -0.39 is 0 Å². The third-order valence-electron chi connectivity index (χ3n) is 8.73. The number of rotatable bonds is 33. The first-order valence-electron chi connectivity index (χ1n) is 20.2. The number of aliphatic imine (C=N–C) groups is 1. The van der Waals surface area contributed by atoms with Gasteiger partial charge in [0, 0.05) is 12.1 Å². The first-order valence-corrected chi connectivity index (χ1v) is 20.2. The zero-order valence-electron chi connectivity index (χ0n) is 31.2. The third-order valence-corrected chi connectivity index (χ3v) is 8.73. The van der Waals surface area contributed by atoms with Gasteiger partial charge in [0.2, 0.25) is 0 Å². The van der Waals surface area contributed by atoms with Crippen molar-refractivity contribution in [3.8, 4) is 0 Å². The summed E-state index contributed by atoms with van der Waals surface area (Å²) in [6.45, 7) is 13.2. The van der Waals surface area contributed by atoms with Crippen LogP contribution in [0.3, 0.4) is 0 Å². The number of ether oxygens (including phenoxy) is 1. The average molecular weight is 619 g/mol. The highest BCUT2D eigenvalue weighted by molar-refractivity contribution is 5.74. The summed E-state index contributed by atoms with van der Waals surface area (Å²) in [4.78, 5) is 4.77. The van der Waals surface area contributed by atoms with Gasteiger partial charge >= 0.3 is 0 Å². The van der Waals surface area contributed by atoms with Crippen molar-refractivity contribution in [3.63, 3.8) is 0 Å². The lowest BCUT2D eigenvalue weighted by Gasteiger charge is -2.23. The van der Waals surface area contributed by atoms with Crippen LogP contribution in [0.25, 0.3) is 0 Å². The van der Waals surface area contributed by atoms with Crippen LogP contribution in [0.4, 0.5) is 0 Å². The Kier molecular flexibility index (Phi) is 34.1. The minimum atomic E-state index is 0.248. The number of unbranched alkanes of at least 4 members (excludes halogenated alkanes) is 24. The van der Waals surface area contributed by atoms with Gasteiger partial charge in [-0.15, -0.1) is 0 Å². The van der Waals surface area contributed by atoms with Gasteiger partial charge in [-0.25, -0.2) is 4.99 Å². The van der Waals surface area contributed by atoms with Gasteiger partial charge in [0.15, 0.2) is 0 Å². The summed E-state index contributed by atoms with van der Waals surface area (Å²) in [5.41, 5.74) is 0. The molecule has 0 rings (SSSR count). The Morgan fingerprint density at radius 2 is 0.841 bits per heavy atom. The van der Waals surface area contributed by atoms with Crippen LogP contribution in [0.1, 0.15) is 228 Å². The largest absolute Gasteiger partial charge is 0.462 e. The highest BCUT2D eigenvalue weighted by Gasteiger charge is 2.14. The zero-order valence-corrected chi connectivity index (χ0v) is 31.2. The maximum atomic E-state index is 6.53. The number of nitrogens with zero attached hydrogens (tertiary/aromatic N) is 1. The van der Waals surface area contributed by atoms with E-state index in [1.165, 1.54) is 180 Å². The quantitative estimate of drug-likeness (QED) is 0.0343. The van der Waals surface area contributed by atoms with Crippen LogP contribution in [0.5, 0.6) is 0 Å². The molecule has 1 N–H and O–H groups in total. The molecule has 0 saturated carbocycles. The van der Waals surface area contributed by atoms with E-state index in [-0.39, 0.29) is 6.04 Å². The molecule has 0 aromatic rings. The Morgan fingerprint density at radius 1 is 0.500 bits per heavy atom. The molecule has 0 fully saturated rings. The second kappa shape index (κ2) is 34.9. The highest BCUT2D eigenvalue weighted by Crippen LogP contribution is 2.18. The fourth-order valence-electron chi connectivity index (χ4n) is 6.01. The van der Waals surface area contributed by atoms with Crippen molar-refractivity contribution in [2.75, 3.05) is 0 Å². The molecule has 262 valence electrons. The molecule has 1 unspecified atom stereocenters. The predicted octanol–water partition coefficient (Wildman–Crippen LogP) is 14.0. The summed E-state index contributed by atoms with van der Waals surface area (Å²) >= 11 is 0. The highest BCUT2D eigenvalue weighted by atomic mass is 16.5. The van der Waals surface area contributed by atoms with Crippen molar-refractivity contribution in [1.82, 2.24) is 5.32 Å². The summed E-state index contributed by atoms with van der Waals surface area (Å²) in [6, 6.07) is 1.35. The molecule has 0 aliphatic carbocycles. The second-order valence-corrected chi connectivity index (χ2v) is 14.3. The van der Waals surface area contributed by atoms with Gasteiger partial charge < -0.3 is 10.1 Å². The third kappa shape index (κ3) is 33.9. The summed E-state index contributed by atoms with van der Waals surface area (Å²) in [5, 5.41) is 3.47. The molecule has 0 heterocycles. The van der Waals surface area contributed by atoms with E-state index >= 15 is 0 Å². The van der Waals surface area contributed by atoms with Crippen LogP contribution in [-0.2, 0) is 4.74 Å². The number of nitrogens with one attached hydrogen (secondary N) is 1. The SMILES string of the molecule is CCCCCCCC/C=C\CCCCCCCC(CCCCCCCCCCCCCCCC)OC(=NC(C)C)NC(C)C. The zero-order chi connectivity index (χ0) is 32.4. The van der Waals surface area contributed by atoms with Crippen LogP contribution in [-0.4, -0.2) is 24.2 Å². The fraction of sp³-hybridized carbons (Fsp3) is 0.927. The van der Waals surface area contributed by atoms with Crippen LogP contribution in [0.15, 0.2) is 17.1 Å². The molecule has 0 amide bonds. The second-order valence-electron chi connectivity index (χ2n) is 14.3. The van der Waals surface area contributed by atoms with Crippen molar-refractivity contribution in [1.29, 1.82) is 0 Å². The molecule has 1 atom stereocenters. The van der Waals surface area contributed by atoms with Crippen molar-refractivity contribution in [3.05, 3.63) is 12.2 Å². The minimum Gasteiger partial charge on any atom is -0.462 e. The lowest BCUT2D eigenvalue weighted by atomic mass is 10.0. The van der Waals surface area contributed by atoms with Crippen molar-refractivity contribution >= 4 is 6.02 Å². The molecule has 0 aromatic heterocycles. The van der Waals surface area contributed by atoms with Gasteiger partial charge in [-0.1, -0.05) is 161 Å². The predicted molar refractivity (Wildman–Crippen MR) is 200 cm³/mol. The molecular weight excluding hydrogens is 536 g/mol. The van der Waals surface area contributed by atoms with Gasteiger partial charge in [-0.3, -0.25) is 0 Å². The smallest absolute Gasteiger partial charge is 0.285 e. The van der Waals surface area contributed by atoms with Gasteiger partial charge in [0.25, 0.3) is 6.02 Å². The molecule has 3 nitrogen and oxygen atoms in total. The molecule has 0 bridgehead atoms. The molecule has 44 heavy (non-hydrogen) atoms. The Bertz CT molecular complexity index is 612. The lowest BCUT2D eigenvalue weighted by Crippen LogP contribution is -2.36. The Hall–Kier alpha value is -0.990. The molecule has 3 heteroatoms. The number of hydrogen-bond acceptors (Lipinski definition) is 2. The Labute approximate surface area is 278 Å². The number of allylic oxidation sites excluding steroid dienone is 2. The van der Waals surface area contributed by atoms with Gasteiger partial charge in [0.1, 0.15) is 6.10 Å². The van der Waals surface area contributed by atoms with E-state index in [2.05, 4.69) is 59.0 Å². The average Bonchev–Trinajstić information content (AvgIpc) is 2.98. The molecule has 0 saturated heterocycles. The van der Waals surface area contributed by atoms with E-state index in [0.29, 0.717) is 12.1 Å². The molecular formula is C41H82N2O. The molecule has 0 aliphatic rings. The monoisotopic (exact) mass is 619 g/mol. The molecule has 0 aliphatic heterocycles. The standard InChI is InChI=1S/C41H82N2O/c1-7-9-11-13-15-17-19-21-23-25-27-29-31-33-35-37-40(44-41(42-38(3)4)43-39(5)6)36-34-32-30-28-26-24-22-20-18-16-14-12-10-8-2/h21,23,38-40H,7-20,22,24-37H2,1-6H3,(H,42,43)/b23-21-. The summed E-state index contributed by atoms with van der Waals surface area (Å²) in [5.74, 6) is 0. The van der Waals surface area contributed by atoms with E-state index in [0.717, 1.165) is 12.4 Å². The topological polar surface area (TPSA) is 33.6 Å². The maximum absolute atomic E-state index is 6.53. The van der Waals surface area contributed by atoms with Crippen LogP contribution in [0.2, 0.25) is 0 Å². The fourth-order valence-corrected chi connectivity index (χ4v) is 6.01. The van der Waals surface area contributed by atoms with E-state index in [4.69, 9.17) is 9.73 Å². The molecule has 0 spiro atoms. The first kappa shape index (κ1) is 43.0. The number of amidine groups is 1. The van der Waals surface area contributed by atoms with Crippen LogP contribution >= 0.6 is 0 Å². The van der Waals surface area contributed by atoms with E-state index in [9.17, 15) is 0 Å². The van der Waals surface area contributed by atoms with Crippen LogP contribution < -0.4 is 5.32 Å². The lowest BCUT2D eigenvalue weighted by molar-refractivity contribution is 0.149. The summed E-state index contributed by atoms with van der Waals surface area (Å²) in [6.07, 6.45) is 44.8. The van der Waals surface area contributed by atoms with Crippen LogP contribution in [0, 0.1) is 0 Å². The normalized spacial score (nSPS) is 13.0. The molecule has 0 radical (unpaired) electrons. The van der Waals surface area contributed by atoms with Crippen molar-refractivity contribution in [2.45, 2.75) is 246 Å². The summed E-state index contributed by atoms with van der Waals surface area (Å²) < 4.78 is 6.53. The number of hydrogen-bond donors (Lipinski definition) is 1. The van der Waals surface area contributed by atoms with Crippen molar-refractivity contribution in [2.24, 2.45) is 4.99 Å². The summed E-state index contributed by atoms with van der Waals surface area (Å²) in [7, 11) is 0. The van der Waals surface area contributed by atoms with E-state index in [1.54, 1.807) is 0 Å². The van der Waals surface area contributed by atoms with Gasteiger partial charge in [-0.05, 0) is 79.1 Å². The van der Waals surface area contributed by atoms with Gasteiger partial charge in [-0.2, -0.15) is 0 Å².